The Morgan fingerprint density at radius 2 is 1.96 bits per heavy atom. The lowest BCUT2D eigenvalue weighted by Gasteiger charge is -2.10. The summed E-state index contributed by atoms with van der Waals surface area (Å²) in [7, 11) is 0. The molecule has 1 heterocycles. The molecule has 2 amide bonds. The molecule has 23 heavy (non-hydrogen) atoms. The molecule has 1 aromatic heterocycles. The fourth-order valence-corrected chi connectivity index (χ4v) is 2.44. The van der Waals surface area contributed by atoms with Gasteiger partial charge >= 0.3 is 6.03 Å². The van der Waals surface area contributed by atoms with E-state index in [9.17, 15) is 9.59 Å². The monoisotopic (exact) mass is 333 g/mol. The smallest absolute Gasteiger partial charge is 0.319 e. The first-order valence-corrected chi connectivity index (χ1v) is 7.91. The van der Waals surface area contributed by atoms with Crippen LogP contribution in [0.1, 0.15) is 18.5 Å². The third-order valence-electron chi connectivity index (χ3n) is 3.44. The lowest BCUT2D eigenvalue weighted by atomic mass is 10.3. The molecule has 2 rings (SSSR count). The molecule has 122 valence electrons. The van der Waals surface area contributed by atoms with Crippen LogP contribution in [0.4, 0.5) is 10.5 Å². The molecule has 0 atom stereocenters. The fourth-order valence-electron chi connectivity index (χ4n) is 2.25. The molecule has 1 aromatic carbocycles. The Kier molecular flexibility index (Phi) is 6.23. The Labute approximate surface area is 140 Å². The van der Waals surface area contributed by atoms with Crippen molar-refractivity contribution in [3.05, 3.63) is 63.5 Å². The van der Waals surface area contributed by atoms with E-state index in [1.54, 1.807) is 41.0 Å². The molecule has 0 bridgehead atoms. The molecule has 2 N–H and O–H groups in total. The number of aromatic nitrogens is 1. The standard InChI is InChI=1S/C17H20ClN3O2/c1-13-6-4-9-16(22)21(13)11-3-2-10-19-17(23)20-15-8-5-7-14(18)12-15/h4-9,12H,2-3,10-11H2,1H3,(H2,19,20,23). The van der Waals surface area contributed by atoms with Crippen LogP contribution in [-0.2, 0) is 6.54 Å². The van der Waals surface area contributed by atoms with E-state index in [1.165, 1.54) is 0 Å². The summed E-state index contributed by atoms with van der Waals surface area (Å²) >= 11 is 5.86. The maximum Gasteiger partial charge on any atom is 0.319 e. The van der Waals surface area contributed by atoms with Gasteiger partial charge in [0.05, 0.1) is 0 Å². The fraction of sp³-hybridized carbons (Fsp3) is 0.294. The molecule has 0 spiro atoms. The van der Waals surface area contributed by atoms with Gasteiger partial charge in [-0.15, -0.1) is 0 Å². The molecule has 0 aliphatic carbocycles. The quantitative estimate of drug-likeness (QED) is 0.796. The number of nitrogens with zero attached hydrogens (tertiary/aromatic N) is 1. The molecule has 2 aromatic rings. The van der Waals surface area contributed by atoms with Crippen molar-refractivity contribution >= 4 is 23.3 Å². The lowest BCUT2D eigenvalue weighted by molar-refractivity contribution is 0.252. The molecule has 0 unspecified atom stereocenters. The normalized spacial score (nSPS) is 10.3. The number of aryl methyl sites for hydroxylation is 1. The summed E-state index contributed by atoms with van der Waals surface area (Å²) in [6.45, 7) is 3.12. The van der Waals surface area contributed by atoms with Crippen LogP contribution in [-0.4, -0.2) is 17.1 Å². The van der Waals surface area contributed by atoms with Crippen molar-refractivity contribution in [1.29, 1.82) is 0 Å². The minimum atomic E-state index is -0.264. The highest BCUT2D eigenvalue weighted by Crippen LogP contribution is 2.14. The van der Waals surface area contributed by atoms with E-state index in [0.717, 1.165) is 18.5 Å². The number of urea groups is 1. The Morgan fingerprint density at radius 3 is 2.70 bits per heavy atom. The molecule has 0 saturated heterocycles. The van der Waals surface area contributed by atoms with Gasteiger partial charge in [0, 0.05) is 35.6 Å². The van der Waals surface area contributed by atoms with Crippen molar-refractivity contribution in [2.75, 3.05) is 11.9 Å². The summed E-state index contributed by atoms with van der Waals surface area (Å²) in [6.07, 6.45) is 1.62. The average Bonchev–Trinajstić information content (AvgIpc) is 2.49. The number of amides is 2. The van der Waals surface area contributed by atoms with E-state index < -0.39 is 0 Å². The summed E-state index contributed by atoms with van der Waals surface area (Å²) in [4.78, 5) is 23.5. The zero-order valence-electron chi connectivity index (χ0n) is 13.0. The van der Waals surface area contributed by atoms with Gasteiger partial charge in [-0.1, -0.05) is 23.7 Å². The highest BCUT2D eigenvalue weighted by Gasteiger charge is 2.02. The lowest BCUT2D eigenvalue weighted by Crippen LogP contribution is -2.30. The Bertz CT molecular complexity index is 728. The second-order valence-electron chi connectivity index (χ2n) is 5.26. The Balaban J connectivity index is 1.69. The number of carbonyl (C=O) groups is 1. The molecular formula is C17H20ClN3O2. The van der Waals surface area contributed by atoms with Crippen LogP contribution < -0.4 is 16.2 Å². The molecule has 0 fully saturated rings. The van der Waals surface area contributed by atoms with E-state index in [1.807, 2.05) is 13.0 Å². The first kappa shape index (κ1) is 17.1. The highest BCUT2D eigenvalue weighted by molar-refractivity contribution is 6.30. The van der Waals surface area contributed by atoms with Crippen LogP contribution >= 0.6 is 11.6 Å². The van der Waals surface area contributed by atoms with Crippen molar-refractivity contribution < 1.29 is 4.79 Å². The SMILES string of the molecule is Cc1cccc(=O)n1CCCCNC(=O)Nc1cccc(Cl)c1. The van der Waals surface area contributed by atoms with Gasteiger partial charge in [-0.3, -0.25) is 4.79 Å². The second-order valence-corrected chi connectivity index (χ2v) is 5.69. The van der Waals surface area contributed by atoms with Crippen LogP contribution in [0.5, 0.6) is 0 Å². The topological polar surface area (TPSA) is 63.1 Å². The second kappa shape index (κ2) is 8.39. The van der Waals surface area contributed by atoms with Crippen molar-refractivity contribution in [1.82, 2.24) is 9.88 Å². The van der Waals surface area contributed by atoms with Crippen LogP contribution in [0.3, 0.4) is 0 Å². The number of rotatable bonds is 6. The van der Waals surface area contributed by atoms with Gasteiger partial charge < -0.3 is 15.2 Å². The first-order chi connectivity index (χ1) is 11.1. The van der Waals surface area contributed by atoms with Gasteiger partial charge in [0.25, 0.3) is 5.56 Å². The number of halogens is 1. The van der Waals surface area contributed by atoms with Crippen molar-refractivity contribution in [2.24, 2.45) is 0 Å². The van der Waals surface area contributed by atoms with E-state index in [4.69, 9.17) is 11.6 Å². The van der Waals surface area contributed by atoms with Gasteiger partial charge in [0.15, 0.2) is 0 Å². The molecular weight excluding hydrogens is 314 g/mol. The highest BCUT2D eigenvalue weighted by atomic mass is 35.5. The van der Waals surface area contributed by atoms with Gasteiger partial charge in [-0.05, 0) is 44.0 Å². The minimum absolute atomic E-state index is 0.0108. The van der Waals surface area contributed by atoms with Crippen molar-refractivity contribution in [3.8, 4) is 0 Å². The van der Waals surface area contributed by atoms with Crippen LogP contribution in [0.25, 0.3) is 0 Å². The predicted octanol–water partition coefficient (Wildman–Crippen LogP) is 3.41. The van der Waals surface area contributed by atoms with Crippen molar-refractivity contribution in [2.45, 2.75) is 26.3 Å². The number of nitrogens with one attached hydrogen (secondary N) is 2. The van der Waals surface area contributed by atoms with E-state index in [-0.39, 0.29) is 11.6 Å². The molecule has 6 heteroatoms. The zero-order chi connectivity index (χ0) is 16.7. The van der Waals surface area contributed by atoms with Gasteiger partial charge in [0.2, 0.25) is 0 Å². The molecule has 5 nitrogen and oxygen atoms in total. The van der Waals surface area contributed by atoms with Crippen LogP contribution in [0.2, 0.25) is 5.02 Å². The number of benzene rings is 1. The number of anilines is 1. The molecule has 0 aliphatic rings. The molecule has 0 aliphatic heterocycles. The number of pyridine rings is 1. The third-order valence-corrected chi connectivity index (χ3v) is 3.68. The number of unbranched alkanes of at least 4 members (excludes halogenated alkanes) is 1. The van der Waals surface area contributed by atoms with Crippen LogP contribution in [0, 0.1) is 6.92 Å². The van der Waals surface area contributed by atoms with E-state index in [0.29, 0.717) is 23.8 Å². The number of hydrogen-bond donors (Lipinski definition) is 2. The van der Waals surface area contributed by atoms with Gasteiger partial charge in [-0.25, -0.2) is 4.79 Å². The maximum absolute atomic E-state index is 11.7. The van der Waals surface area contributed by atoms with E-state index >= 15 is 0 Å². The predicted molar refractivity (Wildman–Crippen MR) is 93.1 cm³/mol. The summed E-state index contributed by atoms with van der Waals surface area (Å²) in [6, 6.07) is 12.0. The molecule has 0 saturated carbocycles. The van der Waals surface area contributed by atoms with Crippen LogP contribution in [0.15, 0.2) is 47.3 Å². The Morgan fingerprint density at radius 1 is 1.17 bits per heavy atom. The summed E-state index contributed by atoms with van der Waals surface area (Å²) < 4.78 is 1.74. The van der Waals surface area contributed by atoms with Crippen molar-refractivity contribution in [3.63, 3.8) is 0 Å². The van der Waals surface area contributed by atoms with Gasteiger partial charge in [-0.2, -0.15) is 0 Å². The first-order valence-electron chi connectivity index (χ1n) is 7.53. The minimum Gasteiger partial charge on any atom is -0.338 e. The number of carbonyl (C=O) groups excluding carboxylic acids is 1. The largest absolute Gasteiger partial charge is 0.338 e. The maximum atomic E-state index is 11.7. The molecule has 0 radical (unpaired) electrons. The summed E-state index contributed by atoms with van der Waals surface area (Å²) in [5, 5.41) is 6.08. The summed E-state index contributed by atoms with van der Waals surface area (Å²) in [5.41, 5.74) is 1.61. The Hall–Kier alpha value is -2.27. The summed E-state index contributed by atoms with van der Waals surface area (Å²) in [5.74, 6) is 0. The third kappa shape index (κ3) is 5.45. The van der Waals surface area contributed by atoms with E-state index in [2.05, 4.69) is 10.6 Å². The van der Waals surface area contributed by atoms with Gasteiger partial charge in [0.1, 0.15) is 0 Å². The average molecular weight is 334 g/mol. The zero-order valence-corrected chi connectivity index (χ0v) is 13.8. The number of hydrogen-bond acceptors (Lipinski definition) is 2.